The molecular weight excluding hydrogens is 322 g/mol. The van der Waals surface area contributed by atoms with E-state index in [2.05, 4.69) is 42.2 Å². The van der Waals surface area contributed by atoms with Crippen molar-refractivity contribution in [3.8, 4) is 0 Å². The number of rotatable bonds is 5. The van der Waals surface area contributed by atoms with Crippen LogP contribution >= 0.6 is 0 Å². The monoisotopic (exact) mass is 351 g/mol. The molecule has 0 bridgehead atoms. The summed E-state index contributed by atoms with van der Waals surface area (Å²) < 4.78 is 0. The van der Waals surface area contributed by atoms with Gasteiger partial charge in [0.05, 0.1) is 0 Å². The molecule has 1 amide bonds. The van der Waals surface area contributed by atoms with Crippen molar-refractivity contribution >= 4 is 5.91 Å². The molecular formula is C22H29N3O. The second kappa shape index (κ2) is 8.47. The number of carbonyl (C=O) groups excluding carboxylic acids is 1. The third-order valence-corrected chi connectivity index (χ3v) is 5.53. The number of nitrogens with zero attached hydrogens (tertiary/aromatic N) is 2. The zero-order valence-electron chi connectivity index (χ0n) is 15.7. The first-order chi connectivity index (χ1) is 12.6. The zero-order chi connectivity index (χ0) is 18.5. The lowest BCUT2D eigenvalue weighted by Crippen LogP contribution is -2.50. The molecule has 0 radical (unpaired) electrons. The molecule has 2 aromatic rings. The van der Waals surface area contributed by atoms with Crippen LogP contribution in [0.25, 0.3) is 0 Å². The van der Waals surface area contributed by atoms with Gasteiger partial charge in [-0.15, -0.1) is 0 Å². The Morgan fingerprint density at radius 2 is 1.77 bits per heavy atom. The van der Waals surface area contributed by atoms with E-state index in [1.807, 2.05) is 42.3 Å². The van der Waals surface area contributed by atoms with Crippen LogP contribution in [0.4, 0.5) is 0 Å². The number of piperidine rings is 1. The van der Waals surface area contributed by atoms with E-state index in [0.29, 0.717) is 6.04 Å². The van der Waals surface area contributed by atoms with Crippen LogP contribution in [0.1, 0.15) is 36.9 Å². The van der Waals surface area contributed by atoms with Gasteiger partial charge >= 0.3 is 0 Å². The SMILES string of the molecule is CC1CC(N(C)C(=O)C(N)c2ccccc2)CCN1Cc1ccccc1. The Morgan fingerprint density at radius 1 is 1.15 bits per heavy atom. The minimum absolute atomic E-state index is 0.00455. The lowest BCUT2D eigenvalue weighted by atomic mass is 9.95. The summed E-state index contributed by atoms with van der Waals surface area (Å²) in [6, 6.07) is 20.3. The van der Waals surface area contributed by atoms with Gasteiger partial charge in [0.25, 0.3) is 0 Å². The summed E-state index contributed by atoms with van der Waals surface area (Å²) >= 11 is 0. The van der Waals surface area contributed by atoms with Crippen molar-refractivity contribution in [3.05, 3.63) is 71.8 Å². The Labute approximate surface area is 156 Å². The van der Waals surface area contributed by atoms with Crippen LogP contribution in [0.2, 0.25) is 0 Å². The first kappa shape index (κ1) is 18.6. The van der Waals surface area contributed by atoms with Gasteiger partial charge in [0, 0.05) is 32.2 Å². The number of likely N-dealkylation sites (tertiary alicyclic amines) is 1. The minimum atomic E-state index is -0.584. The number of benzene rings is 2. The van der Waals surface area contributed by atoms with Gasteiger partial charge in [-0.25, -0.2) is 0 Å². The van der Waals surface area contributed by atoms with Gasteiger partial charge in [-0.1, -0.05) is 60.7 Å². The molecule has 138 valence electrons. The Balaban J connectivity index is 1.58. The largest absolute Gasteiger partial charge is 0.341 e. The molecule has 1 heterocycles. The van der Waals surface area contributed by atoms with E-state index in [1.54, 1.807) is 0 Å². The van der Waals surface area contributed by atoms with Gasteiger partial charge in [0.2, 0.25) is 5.91 Å². The quantitative estimate of drug-likeness (QED) is 0.900. The van der Waals surface area contributed by atoms with Gasteiger partial charge < -0.3 is 10.6 Å². The lowest BCUT2D eigenvalue weighted by Gasteiger charge is -2.41. The predicted octanol–water partition coefficient (Wildman–Crippen LogP) is 3.20. The standard InChI is InChI=1S/C22H29N3O/c1-17-15-20(13-14-25(17)16-18-9-5-3-6-10-18)24(2)22(26)21(23)19-11-7-4-8-12-19/h3-12,17,20-21H,13-16,23H2,1-2H3. The third kappa shape index (κ3) is 4.32. The number of amides is 1. The second-order valence-corrected chi connectivity index (χ2v) is 7.32. The van der Waals surface area contributed by atoms with E-state index in [9.17, 15) is 4.79 Å². The average Bonchev–Trinajstić information content (AvgIpc) is 2.69. The Bertz CT molecular complexity index is 704. The van der Waals surface area contributed by atoms with Crippen molar-refractivity contribution in [3.63, 3.8) is 0 Å². The molecule has 2 aromatic carbocycles. The molecule has 0 saturated carbocycles. The summed E-state index contributed by atoms with van der Waals surface area (Å²) in [6.45, 7) is 4.22. The van der Waals surface area contributed by atoms with Crippen LogP contribution in [0.3, 0.4) is 0 Å². The van der Waals surface area contributed by atoms with Crippen LogP contribution in [0, 0.1) is 0 Å². The van der Waals surface area contributed by atoms with Crippen LogP contribution in [0.15, 0.2) is 60.7 Å². The Hall–Kier alpha value is -2.17. The Kier molecular flexibility index (Phi) is 6.07. The van der Waals surface area contributed by atoms with Crippen molar-refractivity contribution in [2.45, 2.75) is 44.4 Å². The van der Waals surface area contributed by atoms with Crippen LogP contribution in [-0.4, -0.2) is 41.4 Å². The van der Waals surface area contributed by atoms with Crippen LogP contribution in [-0.2, 0) is 11.3 Å². The summed E-state index contributed by atoms with van der Waals surface area (Å²) in [4.78, 5) is 17.2. The molecule has 3 atom stereocenters. The highest BCUT2D eigenvalue weighted by Crippen LogP contribution is 2.24. The molecule has 1 aliphatic rings. The average molecular weight is 351 g/mol. The molecule has 2 N–H and O–H groups in total. The number of hydrogen-bond donors (Lipinski definition) is 1. The molecule has 3 rings (SSSR count). The third-order valence-electron chi connectivity index (χ3n) is 5.53. The minimum Gasteiger partial charge on any atom is -0.341 e. The molecule has 1 saturated heterocycles. The normalized spacial score (nSPS) is 22.0. The molecule has 0 aliphatic carbocycles. The first-order valence-electron chi connectivity index (χ1n) is 9.41. The number of hydrogen-bond acceptors (Lipinski definition) is 3. The number of likely N-dealkylation sites (N-methyl/N-ethyl adjacent to an activating group) is 1. The summed E-state index contributed by atoms with van der Waals surface area (Å²) in [6.07, 6.45) is 1.97. The maximum absolute atomic E-state index is 12.8. The second-order valence-electron chi connectivity index (χ2n) is 7.32. The zero-order valence-corrected chi connectivity index (χ0v) is 15.7. The lowest BCUT2D eigenvalue weighted by molar-refractivity contribution is -0.134. The molecule has 3 unspecified atom stereocenters. The molecule has 1 fully saturated rings. The van der Waals surface area contributed by atoms with Crippen LogP contribution < -0.4 is 5.73 Å². The van der Waals surface area contributed by atoms with Gasteiger partial charge in [-0.2, -0.15) is 0 Å². The molecule has 4 nitrogen and oxygen atoms in total. The van der Waals surface area contributed by atoms with Crippen molar-refractivity contribution < 1.29 is 4.79 Å². The summed E-state index contributed by atoms with van der Waals surface area (Å²) in [5, 5.41) is 0. The summed E-state index contributed by atoms with van der Waals surface area (Å²) in [5.74, 6) is 0.00455. The van der Waals surface area contributed by atoms with Gasteiger partial charge in [0.15, 0.2) is 0 Å². The van der Waals surface area contributed by atoms with Crippen molar-refractivity contribution in [2.75, 3.05) is 13.6 Å². The fraction of sp³-hybridized carbons (Fsp3) is 0.409. The van der Waals surface area contributed by atoms with Gasteiger partial charge in [0.1, 0.15) is 6.04 Å². The summed E-state index contributed by atoms with van der Waals surface area (Å²) in [5.41, 5.74) is 8.42. The highest BCUT2D eigenvalue weighted by atomic mass is 16.2. The maximum Gasteiger partial charge on any atom is 0.244 e. The topological polar surface area (TPSA) is 49.6 Å². The van der Waals surface area contributed by atoms with Gasteiger partial charge in [-0.05, 0) is 30.9 Å². The summed E-state index contributed by atoms with van der Waals surface area (Å²) in [7, 11) is 1.90. The van der Waals surface area contributed by atoms with E-state index in [4.69, 9.17) is 5.73 Å². The maximum atomic E-state index is 12.8. The van der Waals surface area contributed by atoms with Crippen LogP contribution in [0.5, 0.6) is 0 Å². The Morgan fingerprint density at radius 3 is 2.38 bits per heavy atom. The van der Waals surface area contributed by atoms with E-state index in [0.717, 1.165) is 31.5 Å². The number of nitrogens with two attached hydrogens (primary N) is 1. The molecule has 0 spiro atoms. The fourth-order valence-electron chi connectivity index (χ4n) is 3.80. The molecule has 4 heteroatoms. The highest BCUT2D eigenvalue weighted by Gasteiger charge is 2.31. The van der Waals surface area contributed by atoms with Crippen molar-refractivity contribution in [2.24, 2.45) is 5.73 Å². The van der Waals surface area contributed by atoms with E-state index < -0.39 is 6.04 Å². The van der Waals surface area contributed by atoms with Crippen molar-refractivity contribution in [1.82, 2.24) is 9.80 Å². The smallest absolute Gasteiger partial charge is 0.244 e. The predicted molar refractivity (Wildman–Crippen MR) is 105 cm³/mol. The molecule has 26 heavy (non-hydrogen) atoms. The molecule has 0 aromatic heterocycles. The highest BCUT2D eigenvalue weighted by molar-refractivity contribution is 5.83. The van der Waals surface area contributed by atoms with E-state index >= 15 is 0 Å². The molecule has 1 aliphatic heterocycles. The first-order valence-corrected chi connectivity index (χ1v) is 9.41. The van der Waals surface area contributed by atoms with Crippen molar-refractivity contribution in [1.29, 1.82) is 0 Å². The fourth-order valence-corrected chi connectivity index (χ4v) is 3.80. The van der Waals surface area contributed by atoms with E-state index in [1.165, 1.54) is 5.56 Å². The van der Waals surface area contributed by atoms with Gasteiger partial charge in [-0.3, -0.25) is 9.69 Å². The number of carbonyl (C=O) groups is 1. The van der Waals surface area contributed by atoms with E-state index in [-0.39, 0.29) is 11.9 Å².